The molecule has 1 N–H and O–H groups in total. The van der Waals surface area contributed by atoms with Crippen LogP contribution in [0.1, 0.15) is 58.0 Å². The largest absolute Gasteiger partial charge is 0.495 e. The van der Waals surface area contributed by atoms with Gasteiger partial charge in [0.1, 0.15) is 5.75 Å². The fourth-order valence-electron chi connectivity index (χ4n) is 6.39. The second-order valence-corrected chi connectivity index (χ2v) is 14.1. The first-order chi connectivity index (χ1) is 21.2. The lowest BCUT2D eigenvalue weighted by Crippen LogP contribution is -2.34. The average molecular weight is 646 g/mol. The van der Waals surface area contributed by atoms with Gasteiger partial charge in [-0.3, -0.25) is 4.79 Å². The molecular weight excluding hydrogens is 607 g/mol. The van der Waals surface area contributed by atoms with E-state index >= 15 is 0 Å². The Morgan fingerprint density at radius 1 is 1.16 bits per heavy atom. The number of ether oxygens (including phenoxy) is 1. The van der Waals surface area contributed by atoms with Crippen LogP contribution in [0.3, 0.4) is 0 Å². The minimum absolute atomic E-state index is 0.00800. The van der Waals surface area contributed by atoms with Crippen LogP contribution >= 0.6 is 0 Å². The molecule has 0 saturated carbocycles. The molecule has 13 heteroatoms. The van der Waals surface area contributed by atoms with Gasteiger partial charge in [0.05, 0.1) is 36.4 Å². The van der Waals surface area contributed by atoms with Gasteiger partial charge in [-0.1, -0.05) is 24.3 Å². The van der Waals surface area contributed by atoms with Crippen molar-refractivity contribution in [1.29, 1.82) is 0 Å². The van der Waals surface area contributed by atoms with E-state index in [1.807, 2.05) is 18.2 Å². The number of nitrogens with one attached hydrogen (secondary N) is 1. The van der Waals surface area contributed by atoms with Gasteiger partial charge in [0.15, 0.2) is 5.78 Å². The van der Waals surface area contributed by atoms with Crippen LogP contribution < -0.4 is 10.1 Å². The quantitative estimate of drug-likeness (QED) is 0.288. The summed E-state index contributed by atoms with van der Waals surface area (Å²) in [7, 11) is 1.32. The Morgan fingerprint density at radius 2 is 1.87 bits per heavy atom. The Hall–Kier alpha value is -3.55. The first-order valence-electron chi connectivity index (χ1n) is 14.8. The number of anilines is 2. The molecule has 0 spiro atoms. The van der Waals surface area contributed by atoms with Gasteiger partial charge in [-0.15, -0.1) is 0 Å². The lowest BCUT2D eigenvalue weighted by Gasteiger charge is -2.29. The van der Waals surface area contributed by atoms with E-state index in [1.165, 1.54) is 18.5 Å². The number of benzene rings is 2. The molecule has 1 aliphatic carbocycles. The van der Waals surface area contributed by atoms with E-state index in [0.29, 0.717) is 35.8 Å². The Morgan fingerprint density at radius 3 is 2.53 bits per heavy atom. The van der Waals surface area contributed by atoms with Gasteiger partial charge >= 0.3 is 6.18 Å². The number of hydrogen-bond acceptors (Lipinski definition) is 8. The van der Waals surface area contributed by atoms with Crippen molar-refractivity contribution in [2.24, 2.45) is 11.8 Å². The number of methoxy groups -OCH3 is 1. The number of alkyl halides is 3. The number of halogens is 3. The topological polar surface area (TPSA) is 105 Å². The minimum Gasteiger partial charge on any atom is -0.495 e. The molecule has 0 radical (unpaired) electrons. The molecule has 1 saturated heterocycles. The molecule has 0 bridgehead atoms. The summed E-state index contributed by atoms with van der Waals surface area (Å²) in [5.41, 5.74) is 1.32. The fourth-order valence-corrected chi connectivity index (χ4v) is 7.09. The SMILES string of the molecule is COc1cc(C(=O)CC2CCN(C)CC2)ccc1Nc1ncc(C(F)(F)F)c(C[C@@H]2Cc3ccccc3[C@H]2N(C)S(C)(=O)=O)n1. The van der Waals surface area contributed by atoms with Gasteiger partial charge in [-0.05, 0) is 87.0 Å². The summed E-state index contributed by atoms with van der Waals surface area (Å²) in [5, 5.41) is 2.96. The monoisotopic (exact) mass is 645 g/mol. The van der Waals surface area contributed by atoms with E-state index < -0.39 is 33.7 Å². The van der Waals surface area contributed by atoms with Crippen molar-refractivity contribution in [3.8, 4) is 5.75 Å². The molecule has 2 atom stereocenters. The van der Waals surface area contributed by atoms with Crippen LogP contribution in [-0.2, 0) is 29.0 Å². The fraction of sp³-hybridized carbons (Fsp3) is 0.469. The summed E-state index contributed by atoms with van der Waals surface area (Å²) < 4.78 is 74.2. The Balaban J connectivity index is 1.40. The molecule has 242 valence electrons. The highest BCUT2D eigenvalue weighted by Crippen LogP contribution is 2.43. The van der Waals surface area contributed by atoms with Crippen LogP contribution in [0.15, 0.2) is 48.7 Å². The molecule has 5 rings (SSSR count). The number of carbonyl (C=O) groups is 1. The van der Waals surface area contributed by atoms with E-state index in [9.17, 15) is 26.4 Å². The van der Waals surface area contributed by atoms with Crippen LogP contribution in [-0.4, -0.2) is 73.9 Å². The van der Waals surface area contributed by atoms with Gasteiger partial charge in [-0.25, -0.2) is 18.4 Å². The summed E-state index contributed by atoms with van der Waals surface area (Å²) in [6.07, 6.45) is -0.261. The van der Waals surface area contributed by atoms with E-state index in [4.69, 9.17) is 4.74 Å². The zero-order chi connectivity index (χ0) is 32.5. The molecule has 3 aromatic rings. The van der Waals surface area contributed by atoms with Crippen molar-refractivity contribution < 1.29 is 31.1 Å². The number of fused-ring (bicyclic) bond motifs is 1. The lowest BCUT2D eigenvalue weighted by molar-refractivity contribution is -0.138. The third-order valence-electron chi connectivity index (χ3n) is 8.93. The van der Waals surface area contributed by atoms with Crippen molar-refractivity contribution in [2.75, 3.05) is 45.9 Å². The smallest absolute Gasteiger partial charge is 0.419 e. The third-order valence-corrected chi connectivity index (χ3v) is 10.2. The molecule has 0 unspecified atom stereocenters. The highest BCUT2D eigenvalue weighted by Gasteiger charge is 2.41. The van der Waals surface area contributed by atoms with Crippen LogP contribution in [0.4, 0.5) is 24.8 Å². The van der Waals surface area contributed by atoms with E-state index in [-0.39, 0.29) is 23.8 Å². The van der Waals surface area contributed by atoms with Crippen LogP contribution in [0.5, 0.6) is 5.75 Å². The second-order valence-electron chi connectivity index (χ2n) is 12.1. The summed E-state index contributed by atoms with van der Waals surface area (Å²) in [5.74, 6) is 0.0885. The zero-order valence-electron chi connectivity index (χ0n) is 25.8. The van der Waals surface area contributed by atoms with Gasteiger partial charge < -0.3 is 15.0 Å². The van der Waals surface area contributed by atoms with E-state index in [0.717, 1.165) is 49.5 Å². The first-order valence-corrected chi connectivity index (χ1v) is 16.7. The molecule has 1 fully saturated rings. The minimum atomic E-state index is -4.72. The second kappa shape index (κ2) is 13.1. The van der Waals surface area contributed by atoms with Gasteiger partial charge in [0.25, 0.3) is 0 Å². The average Bonchev–Trinajstić information content (AvgIpc) is 3.34. The number of ketones is 1. The maximum absolute atomic E-state index is 14.2. The highest BCUT2D eigenvalue weighted by molar-refractivity contribution is 7.88. The standard InChI is InChI=1S/C32H38F3N5O4S/c1-39-13-11-20(12-14-39)15-28(41)22-9-10-26(29(18-22)44-3)37-31-36-19-25(32(33,34)35)27(38-31)17-23-16-21-7-5-6-8-24(21)30(23)40(2)45(4,42)43/h5-10,18-20,23,30H,11-17H2,1-4H3,(H,36,37,38)/t23-,30-/m0/s1. The number of nitrogens with zero attached hydrogens (tertiary/aromatic N) is 4. The molecule has 1 aromatic heterocycles. The number of hydrogen-bond donors (Lipinski definition) is 1. The van der Waals surface area contributed by atoms with E-state index in [1.54, 1.807) is 24.3 Å². The molecule has 2 aromatic carbocycles. The number of rotatable bonds is 10. The zero-order valence-corrected chi connectivity index (χ0v) is 26.6. The van der Waals surface area contributed by atoms with Gasteiger partial charge in [0.2, 0.25) is 16.0 Å². The van der Waals surface area contributed by atoms with Gasteiger partial charge in [0, 0.05) is 25.2 Å². The molecular formula is C32H38F3N5O4S. The number of likely N-dealkylation sites (tertiary alicyclic amines) is 1. The number of carbonyl (C=O) groups excluding carboxylic acids is 1. The number of Topliss-reactive ketones (excluding diaryl/α,β-unsaturated/α-hetero) is 1. The predicted octanol–water partition coefficient (Wildman–Crippen LogP) is 5.51. The lowest BCUT2D eigenvalue weighted by atomic mass is 9.90. The third kappa shape index (κ3) is 7.47. The number of piperidine rings is 1. The number of aromatic nitrogens is 2. The predicted molar refractivity (Wildman–Crippen MR) is 165 cm³/mol. The number of sulfonamides is 1. The van der Waals surface area contributed by atoms with Crippen molar-refractivity contribution in [3.05, 3.63) is 76.6 Å². The Bertz CT molecular complexity index is 1660. The summed E-state index contributed by atoms with van der Waals surface area (Å²) in [6, 6.07) is 11.6. The molecule has 1 aliphatic heterocycles. The highest BCUT2D eigenvalue weighted by atomic mass is 32.2. The Labute approximate surface area is 261 Å². The molecule has 2 heterocycles. The molecule has 0 amide bonds. The van der Waals surface area contributed by atoms with Crippen molar-refractivity contribution in [1.82, 2.24) is 19.2 Å². The normalized spacial score (nSPS) is 19.5. The molecule has 45 heavy (non-hydrogen) atoms. The van der Waals surface area contributed by atoms with Gasteiger partial charge in [-0.2, -0.15) is 17.5 Å². The van der Waals surface area contributed by atoms with E-state index in [2.05, 4.69) is 27.2 Å². The maximum atomic E-state index is 14.2. The Kier molecular flexibility index (Phi) is 9.52. The van der Waals surface area contributed by atoms with Crippen molar-refractivity contribution in [3.63, 3.8) is 0 Å². The van der Waals surface area contributed by atoms with Crippen molar-refractivity contribution in [2.45, 2.75) is 44.3 Å². The van der Waals surface area contributed by atoms with Crippen LogP contribution in [0.25, 0.3) is 0 Å². The molecule has 9 nitrogen and oxygen atoms in total. The van der Waals surface area contributed by atoms with Crippen LogP contribution in [0.2, 0.25) is 0 Å². The maximum Gasteiger partial charge on any atom is 0.419 e. The first kappa shape index (κ1) is 32.8. The summed E-state index contributed by atoms with van der Waals surface area (Å²) in [6.45, 7) is 1.92. The summed E-state index contributed by atoms with van der Waals surface area (Å²) in [4.78, 5) is 23.5. The van der Waals surface area contributed by atoms with Crippen molar-refractivity contribution >= 4 is 27.4 Å². The molecule has 2 aliphatic rings. The van der Waals surface area contributed by atoms with Crippen LogP contribution in [0, 0.1) is 11.8 Å². The summed E-state index contributed by atoms with van der Waals surface area (Å²) >= 11 is 0.